The molecule has 0 spiro atoms. The molecule has 0 heterocycles. The Morgan fingerprint density at radius 3 is 2.36 bits per heavy atom. The predicted molar refractivity (Wildman–Crippen MR) is 154 cm³/mol. The molecule has 39 heavy (non-hydrogen) atoms. The SMILES string of the molecule is CCOC(=O)C(C)(C)Oc1ccc(OCC/C(N=Cc2ccc(OCC3=CC=CCC=C3)cc2)=C(\C)O)cc1. The largest absolute Gasteiger partial charge is 0.511 e. The van der Waals surface area contributed by atoms with E-state index in [0.717, 1.165) is 23.3 Å². The predicted octanol–water partition coefficient (Wildman–Crippen LogP) is 6.91. The third kappa shape index (κ3) is 9.85. The van der Waals surface area contributed by atoms with Crippen molar-refractivity contribution < 1.29 is 28.8 Å². The summed E-state index contributed by atoms with van der Waals surface area (Å²) in [6.45, 7) is 7.81. The van der Waals surface area contributed by atoms with E-state index in [2.05, 4.69) is 29.3 Å². The van der Waals surface area contributed by atoms with Crippen molar-refractivity contribution >= 4 is 12.2 Å². The van der Waals surface area contributed by atoms with Gasteiger partial charge in [0.15, 0.2) is 5.60 Å². The third-order valence-corrected chi connectivity index (χ3v) is 5.69. The number of carbonyl (C=O) groups is 1. The number of esters is 1. The van der Waals surface area contributed by atoms with Crippen LogP contribution in [0.3, 0.4) is 0 Å². The van der Waals surface area contributed by atoms with Crippen LogP contribution in [0.1, 0.15) is 46.1 Å². The summed E-state index contributed by atoms with van der Waals surface area (Å²) in [6.07, 6.45) is 13.4. The first-order chi connectivity index (χ1) is 18.8. The van der Waals surface area contributed by atoms with E-state index >= 15 is 0 Å². The minimum absolute atomic E-state index is 0.138. The number of carbonyl (C=O) groups excluding carboxylic acids is 1. The van der Waals surface area contributed by atoms with E-state index in [0.29, 0.717) is 43.4 Å². The molecule has 0 amide bonds. The van der Waals surface area contributed by atoms with Crippen molar-refractivity contribution in [2.75, 3.05) is 19.8 Å². The van der Waals surface area contributed by atoms with E-state index in [4.69, 9.17) is 18.9 Å². The first-order valence-electron chi connectivity index (χ1n) is 13.0. The van der Waals surface area contributed by atoms with E-state index in [9.17, 15) is 9.90 Å². The number of rotatable bonds is 13. The second kappa shape index (κ2) is 14.6. The van der Waals surface area contributed by atoms with Crippen LogP contribution >= 0.6 is 0 Å². The Balaban J connectivity index is 1.48. The van der Waals surface area contributed by atoms with E-state index in [-0.39, 0.29) is 5.76 Å². The lowest BCUT2D eigenvalue weighted by Crippen LogP contribution is -2.39. The lowest BCUT2D eigenvalue weighted by molar-refractivity contribution is -0.158. The van der Waals surface area contributed by atoms with E-state index in [1.54, 1.807) is 58.2 Å². The number of hydrogen-bond acceptors (Lipinski definition) is 7. The molecular weight excluding hydrogens is 494 g/mol. The van der Waals surface area contributed by atoms with Crippen molar-refractivity contribution in [1.29, 1.82) is 0 Å². The van der Waals surface area contributed by atoms with Gasteiger partial charge in [0.2, 0.25) is 0 Å². The van der Waals surface area contributed by atoms with Crippen LogP contribution in [0, 0.1) is 0 Å². The van der Waals surface area contributed by atoms with Crippen molar-refractivity contribution in [3.63, 3.8) is 0 Å². The van der Waals surface area contributed by atoms with Gasteiger partial charge in [-0.15, -0.1) is 0 Å². The number of benzene rings is 2. The van der Waals surface area contributed by atoms with Crippen LogP contribution in [0.5, 0.6) is 17.2 Å². The molecule has 7 nitrogen and oxygen atoms in total. The molecule has 1 aliphatic carbocycles. The number of aliphatic hydroxyl groups excluding tert-OH is 1. The Labute approximate surface area is 230 Å². The minimum Gasteiger partial charge on any atom is -0.511 e. The van der Waals surface area contributed by atoms with Crippen LogP contribution in [-0.4, -0.2) is 42.7 Å². The van der Waals surface area contributed by atoms with Crippen LogP contribution in [0.25, 0.3) is 0 Å². The molecule has 2 aromatic rings. The first kappa shape index (κ1) is 29.3. The molecule has 0 aliphatic heterocycles. The van der Waals surface area contributed by atoms with Gasteiger partial charge in [-0.05, 0) is 93.8 Å². The Bertz CT molecular complexity index is 1230. The maximum Gasteiger partial charge on any atom is 0.349 e. The highest BCUT2D eigenvalue weighted by Crippen LogP contribution is 2.23. The monoisotopic (exact) mass is 531 g/mol. The Morgan fingerprint density at radius 2 is 1.67 bits per heavy atom. The van der Waals surface area contributed by atoms with Crippen molar-refractivity contribution in [2.45, 2.75) is 46.1 Å². The highest BCUT2D eigenvalue weighted by atomic mass is 16.6. The molecule has 0 bridgehead atoms. The number of allylic oxidation sites excluding steroid dienone is 5. The quantitative estimate of drug-likeness (QED) is 0.172. The molecule has 0 saturated heterocycles. The van der Waals surface area contributed by atoms with E-state index in [1.165, 1.54) is 0 Å². The Hall–Kier alpha value is -4.26. The molecule has 0 atom stereocenters. The van der Waals surface area contributed by atoms with Gasteiger partial charge in [0.05, 0.1) is 18.9 Å². The summed E-state index contributed by atoms with van der Waals surface area (Å²) in [5.41, 5.74) is 1.45. The smallest absolute Gasteiger partial charge is 0.349 e. The van der Waals surface area contributed by atoms with Crippen molar-refractivity contribution in [2.24, 2.45) is 4.99 Å². The Morgan fingerprint density at radius 1 is 1.00 bits per heavy atom. The third-order valence-electron chi connectivity index (χ3n) is 5.69. The van der Waals surface area contributed by atoms with E-state index in [1.807, 2.05) is 30.3 Å². The minimum atomic E-state index is -1.09. The van der Waals surface area contributed by atoms with Gasteiger partial charge in [-0.2, -0.15) is 0 Å². The summed E-state index contributed by atoms with van der Waals surface area (Å²) < 4.78 is 22.5. The number of aliphatic imine (C=N–C) groups is 1. The maximum atomic E-state index is 12.0. The lowest BCUT2D eigenvalue weighted by Gasteiger charge is -2.24. The zero-order chi connectivity index (χ0) is 28.1. The summed E-state index contributed by atoms with van der Waals surface area (Å²) in [4.78, 5) is 16.5. The fraction of sp³-hybridized carbons (Fsp3) is 0.312. The fourth-order valence-electron chi connectivity index (χ4n) is 3.54. The molecule has 2 aromatic carbocycles. The van der Waals surface area contributed by atoms with Gasteiger partial charge in [0.1, 0.15) is 29.6 Å². The molecule has 0 aromatic heterocycles. The summed E-state index contributed by atoms with van der Waals surface area (Å²) in [5, 5.41) is 10.1. The highest BCUT2D eigenvalue weighted by Gasteiger charge is 2.31. The van der Waals surface area contributed by atoms with E-state index < -0.39 is 11.6 Å². The van der Waals surface area contributed by atoms with Gasteiger partial charge in [-0.25, -0.2) is 4.79 Å². The number of ether oxygens (including phenoxy) is 4. The molecule has 3 rings (SSSR count). The fourth-order valence-corrected chi connectivity index (χ4v) is 3.54. The Kier molecular flexibility index (Phi) is 11.0. The summed E-state index contributed by atoms with van der Waals surface area (Å²) in [7, 11) is 0. The first-order valence-corrected chi connectivity index (χ1v) is 13.0. The van der Waals surface area contributed by atoms with Crippen LogP contribution in [-0.2, 0) is 9.53 Å². The van der Waals surface area contributed by atoms with Crippen LogP contribution in [0.2, 0.25) is 0 Å². The molecule has 1 aliphatic rings. The van der Waals surface area contributed by atoms with Gasteiger partial charge in [-0.3, -0.25) is 4.99 Å². The molecule has 0 radical (unpaired) electrons. The van der Waals surface area contributed by atoms with Gasteiger partial charge >= 0.3 is 5.97 Å². The van der Waals surface area contributed by atoms with Crippen LogP contribution in [0.15, 0.2) is 101 Å². The van der Waals surface area contributed by atoms with Gasteiger partial charge in [0.25, 0.3) is 0 Å². The summed E-state index contributed by atoms with van der Waals surface area (Å²) >= 11 is 0. The second-order valence-electron chi connectivity index (χ2n) is 9.36. The molecule has 206 valence electrons. The number of hydrogen-bond donors (Lipinski definition) is 1. The molecule has 0 unspecified atom stereocenters. The zero-order valence-corrected chi connectivity index (χ0v) is 23.1. The van der Waals surface area contributed by atoms with Crippen molar-refractivity contribution in [1.82, 2.24) is 0 Å². The number of nitrogens with zero attached hydrogens (tertiary/aromatic N) is 1. The van der Waals surface area contributed by atoms with Crippen LogP contribution in [0.4, 0.5) is 0 Å². The maximum absolute atomic E-state index is 12.0. The summed E-state index contributed by atoms with van der Waals surface area (Å²) in [6, 6.07) is 14.6. The van der Waals surface area contributed by atoms with Crippen molar-refractivity contribution in [3.05, 3.63) is 102 Å². The molecule has 7 heteroatoms. The average Bonchev–Trinajstić information content (AvgIpc) is 3.20. The average molecular weight is 532 g/mol. The molecule has 0 saturated carbocycles. The standard InChI is InChI=1S/C32H37NO6/c1-5-36-31(35)32(3,4)39-29-18-16-27(17-19-29)37-21-20-30(24(2)34)33-22-25-12-14-28(15-13-25)38-23-26-10-8-6-7-9-11-26/h6,8-19,22,34H,5,7,20-21,23H2,1-4H3/b30-24-,33-22?. The van der Waals surface area contributed by atoms with Crippen molar-refractivity contribution in [3.8, 4) is 17.2 Å². The van der Waals surface area contributed by atoms with Crippen LogP contribution < -0.4 is 14.2 Å². The summed E-state index contributed by atoms with van der Waals surface area (Å²) in [5.74, 6) is 1.66. The number of aliphatic hydroxyl groups is 1. The zero-order valence-electron chi connectivity index (χ0n) is 23.1. The topological polar surface area (TPSA) is 86.6 Å². The normalized spacial score (nSPS) is 13.9. The van der Waals surface area contributed by atoms with Gasteiger partial charge in [0, 0.05) is 12.6 Å². The van der Waals surface area contributed by atoms with Gasteiger partial charge < -0.3 is 24.1 Å². The molecular formula is C32H37NO6. The van der Waals surface area contributed by atoms with Gasteiger partial charge in [-0.1, -0.05) is 30.4 Å². The lowest BCUT2D eigenvalue weighted by atomic mass is 10.1. The molecule has 1 N–H and O–H groups in total. The molecule has 0 fully saturated rings. The highest BCUT2D eigenvalue weighted by molar-refractivity contribution is 5.80. The second-order valence-corrected chi connectivity index (χ2v) is 9.36.